The predicted molar refractivity (Wildman–Crippen MR) is 70.6 cm³/mol. The average molecular weight is 417 g/mol. The summed E-state index contributed by atoms with van der Waals surface area (Å²) in [5, 5.41) is 0. The van der Waals surface area contributed by atoms with E-state index in [-0.39, 0.29) is 26.8 Å². The summed E-state index contributed by atoms with van der Waals surface area (Å²) in [6.45, 7) is 1.58. The van der Waals surface area contributed by atoms with E-state index >= 15 is 0 Å². The molecule has 0 fully saturated rings. The van der Waals surface area contributed by atoms with Gasteiger partial charge in [-0.15, -0.1) is 0 Å². The Bertz CT molecular complexity index is 488. The third-order valence-electron chi connectivity index (χ3n) is 2.52. The van der Waals surface area contributed by atoms with Gasteiger partial charge in [-0.25, -0.2) is 0 Å². The molecule has 0 amide bonds. The van der Waals surface area contributed by atoms with Gasteiger partial charge in [0.05, 0.1) is 0 Å². The first kappa shape index (κ1) is 14.6. The van der Waals surface area contributed by atoms with Crippen molar-refractivity contribution in [3.63, 3.8) is 0 Å². The fourth-order valence-electron chi connectivity index (χ4n) is 1.77. The maximum absolute atomic E-state index is 11.3. The topological polar surface area (TPSA) is 17.1 Å². The maximum atomic E-state index is 11.3. The standard InChI is InChI=1S/C16H14O.Pt/c1-13(17)12-16(14-8-4-2-5-9-14)15-10-6-3-7-11-15;/h2-12H,1H3;. The number of benzene rings is 2. The molecule has 2 heteroatoms. The van der Waals surface area contributed by atoms with Gasteiger partial charge in [0.2, 0.25) is 0 Å². The van der Waals surface area contributed by atoms with Gasteiger partial charge in [0.15, 0.2) is 5.78 Å². The summed E-state index contributed by atoms with van der Waals surface area (Å²) in [5.41, 5.74) is 3.10. The number of carbonyl (C=O) groups is 1. The third-order valence-corrected chi connectivity index (χ3v) is 2.52. The van der Waals surface area contributed by atoms with Crippen molar-refractivity contribution in [2.45, 2.75) is 6.92 Å². The first-order valence-electron chi connectivity index (χ1n) is 5.60. The van der Waals surface area contributed by atoms with Crippen LogP contribution in [-0.4, -0.2) is 5.78 Å². The van der Waals surface area contributed by atoms with Crippen LogP contribution in [0.4, 0.5) is 0 Å². The van der Waals surface area contributed by atoms with E-state index in [1.165, 1.54) is 0 Å². The van der Waals surface area contributed by atoms with Gasteiger partial charge in [-0.1, -0.05) is 60.7 Å². The zero-order valence-electron chi connectivity index (χ0n) is 10.1. The van der Waals surface area contributed by atoms with E-state index in [0.717, 1.165) is 16.7 Å². The molecule has 0 atom stereocenters. The maximum Gasteiger partial charge on any atom is 0.153 e. The van der Waals surface area contributed by atoms with Crippen molar-refractivity contribution in [3.05, 3.63) is 77.9 Å². The Hall–Kier alpha value is -1.46. The Morgan fingerprint density at radius 3 is 1.56 bits per heavy atom. The van der Waals surface area contributed by atoms with E-state index in [4.69, 9.17) is 0 Å². The van der Waals surface area contributed by atoms with Gasteiger partial charge < -0.3 is 0 Å². The number of hydrogen-bond donors (Lipinski definition) is 0. The van der Waals surface area contributed by atoms with Crippen molar-refractivity contribution in [3.8, 4) is 0 Å². The number of ketones is 1. The van der Waals surface area contributed by atoms with Crippen LogP contribution in [0.15, 0.2) is 66.7 Å². The van der Waals surface area contributed by atoms with Gasteiger partial charge >= 0.3 is 0 Å². The monoisotopic (exact) mass is 417 g/mol. The molecule has 1 nitrogen and oxygen atoms in total. The number of allylic oxidation sites excluding steroid dienone is 1. The van der Waals surface area contributed by atoms with Crippen LogP contribution in [0.25, 0.3) is 5.57 Å². The molecule has 2 aromatic carbocycles. The molecule has 0 spiro atoms. The van der Waals surface area contributed by atoms with Gasteiger partial charge in [0, 0.05) is 21.1 Å². The summed E-state index contributed by atoms with van der Waals surface area (Å²) in [7, 11) is 0. The van der Waals surface area contributed by atoms with Crippen LogP contribution in [0, 0.1) is 0 Å². The van der Waals surface area contributed by atoms with Gasteiger partial charge in [-0.05, 0) is 29.7 Å². The molecule has 2 aromatic rings. The van der Waals surface area contributed by atoms with E-state index in [1.54, 1.807) is 13.0 Å². The summed E-state index contributed by atoms with van der Waals surface area (Å²) < 4.78 is 0. The minimum atomic E-state index is 0. The zero-order chi connectivity index (χ0) is 12.1. The van der Waals surface area contributed by atoms with Crippen LogP contribution < -0.4 is 0 Å². The average Bonchev–Trinajstić information content (AvgIpc) is 2.38. The molecule has 0 radical (unpaired) electrons. The second-order valence-electron chi connectivity index (χ2n) is 3.90. The number of carbonyl (C=O) groups excluding carboxylic acids is 1. The van der Waals surface area contributed by atoms with Crippen molar-refractivity contribution in [2.75, 3.05) is 0 Å². The molecule has 0 saturated carbocycles. The largest absolute Gasteiger partial charge is 0.295 e. The van der Waals surface area contributed by atoms with Gasteiger partial charge in [0.1, 0.15) is 0 Å². The summed E-state index contributed by atoms with van der Waals surface area (Å²) in [6, 6.07) is 19.9. The molecule has 0 unspecified atom stereocenters. The van der Waals surface area contributed by atoms with E-state index in [0.29, 0.717) is 0 Å². The van der Waals surface area contributed by atoms with Gasteiger partial charge in [-0.3, -0.25) is 4.79 Å². The Morgan fingerprint density at radius 2 is 1.22 bits per heavy atom. The van der Waals surface area contributed by atoms with Crippen LogP contribution >= 0.6 is 0 Å². The van der Waals surface area contributed by atoms with Crippen LogP contribution in [0.5, 0.6) is 0 Å². The van der Waals surface area contributed by atoms with E-state index in [1.807, 2.05) is 60.7 Å². The molecule has 94 valence electrons. The zero-order valence-corrected chi connectivity index (χ0v) is 12.3. The number of hydrogen-bond acceptors (Lipinski definition) is 1. The molecule has 0 aliphatic rings. The first-order chi connectivity index (χ1) is 8.27. The summed E-state index contributed by atoms with van der Waals surface area (Å²) in [4.78, 5) is 11.3. The normalized spacial score (nSPS) is 9.17. The molecule has 0 aliphatic heterocycles. The Balaban J connectivity index is 0.00000162. The predicted octanol–water partition coefficient (Wildman–Crippen LogP) is 3.70. The molecule has 0 heterocycles. The SMILES string of the molecule is CC(=O)C=C(c1ccccc1)c1ccccc1.[Pt]. The van der Waals surface area contributed by atoms with E-state index < -0.39 is 0 Å². The number of rotatable bonds is 3. The Kier molecular flexibility index (Phi) is 5.74. The molecule has 0 aliphatic carbocycles. The first-order valence-corrected chi connectivity index (χ1v) is 5.60. The van der Waals surface area contributed by atoms with Gasteiger partial charge in [-0.2, -0.15) is 0 Å². The van der Waals surface area contributed by atoms with Crippen molar-refractivity contribution >= 4 is 11.4 Å². The molecular formula is C16H14OPt. The fraction of sp³-hybridized carbons (Fsp3) is 0.0625. The third kappa shape index (κ3) is 3.78. The Labute approximate surface area is 122 Å². The van der Waals surface area contributed by atoms with Crippen LogP contribution in [-0.2, 0) is 25.9 Å². The smallest absolute Gasteiger partial charge is 0.153 e. The van der Waals surface area contributed by atoms with Crippen LogP contribution in [0.3, 0.4) is 0 Å². The second kappa shape index (κ2) is 7.08. The van der Waals surface area contributed by atoms with E-state index in [9.17, 15) is 4.79 Å². The summed E-state index contributed by atoms with van der Waals surface area (Å²) in [5.74, 6) is 0.0627. The molecule has 0 aromatic heterocycles. The summed E-state index contributed by atoms with van der Waals surface area (Å²) >= 11 is 0. The van der Waals surface area contributed by atoms with Crippen molar-refractivity contribution in [1.29, 1.82) is 0 Å². The van der Waals surface area contributed by atoms with Crippen molar-refractivity contribution in [1.82, 2.24) is 0 Å². The van der Waals surface area contributed by atoms with E-state index in [2.05, 4.69) is 0 Å². The second-order valence-corrected chi connectivity index (χ2v) is 3.90. The molecular weight excluding hydrogens is 403 g/mol. The van der Waals surface area contributed by atoms with Crippen molar-refractivity contribution in [2.24, 2.45) is 0 Å². The van der Waals surface area contributed by atoms with Crippen molar-refractivity contribution < 1.29 is 25.9 Å². The minimum Gasteiger partial charge on any atom is -0.295 e. The molecule has 0 saturated heterocycles. The van der Waals surface area contributed by atoms with Gasteiger partial charge in [0.25, 0.3) is 0 Å². The fourth-order valence-corrected chi connectivity index (χ4v) is 1.77. The summed E-state index contributed by atoms with van der Waals surface area (Å²) in [6.07, 6.45) is 1.69. The molecule has 0 N–H and O–H groups in total. The minimum absolute atomic E-state index is 0. The molecule has 2 rings (SSSR count). The van der Waals surface area contributed by atoms with Crippen LogP contribution in [0.1, 0.15) is 18.1 Å². The van der Waals surface area contributed by atoms with Crippen LogP contribution in [0.2, 0.25) is 0 Å². The molecule has 18 heavy (non-hydrogen) atoms. The Morgan fingerprint density at radius 1 is 0.833 bits per heavy atom. The quantitative estimate of drug-likeness (QED) is 0.697. The molecule has 0 bridgehead atoms.